The summed E-state index contributed by atoms with van der Waals surface area (Å²) in [6.45, 7) is 4.55. The van der Waals surface area contributed by atoms with E-state index in [9.17, 15) is 4.79 Å². The molecule has 0 spiro atoms. The Morgan fingerprint density at radius 1 is 1.35 bits per heavy atom. The fourth-order valence-electron chi connectivity index (χ4n) is 3.62. The molecule has 20 heavy (non-hydrogen) atoms. The minimum Gasteiger partial charge on any atom is -0.384 e. The van der Waals surface area contributed by atoms with E-state index in [0.29, 0.717) is 5.92 Å². The number of carbonyl (C=O) groups excluding carboxylic acids is 1. The number of hydrogen-bond donors (Lipinski definition) is 1. The van der Waals surface area contributed by atoms with Crippen molar-refractivity contribution in [3.05, 3.63) is 0 Å². The standard InChI is InChI=1S/C15H28N2O2.ClH/c1-15(16)8-4-3-7-13(15)14(18)17-9-5-6-12(10-17)11-19-2;/h12-13H,3-11,16H2,1-2H3;1H. The van der Waals surface area contributed by atoms with Crippen molar-refractivity contribution >= 4 is 18.3 Å². The number of hydrogen-bond acceptors (Lipinski definition) is 3. The van der Waals surface area contributed by atoms with E-state index < -0.39 is 0 Å². The van der Waals surface area contributed by atoms with Crippen LogP contribution in [0.15, 0.2) is 0 Å². The summed E-state index contributed by atoms with van der Waals surface area (Å²) in [6.07, 6.45) is 6.48. The van der Waals surface area contributed by atoms with E-state index in [4.69, 9.17) is 10.5 Å². The summed E-state index contributed by atoms with van der Waals surface area (Å²) in [7, 11) is 1.73. The molecule has 118 valence electrons. The maximum Gasteiger partial charge on any atom is 0.227 e. The van der Waals surface area contributed by atoms with Gasteiger partial charge in [0.15, 0.2) is 0 Å². The summed E-state index contributed by atoms with van der Waals surface area (Å²) in [5, 5.41) is 0. The maximum absolute atomic E-state index is 12.7. The predicted octanol–water partition coefficient (Wildman–Crippen LogP) is 2.20. The molecule has 5 heteroatoms. The molecular weight excluding hydrogens is 276 g/mol. The average Bonchev–Trinajstić information content (AvgIpc) is 2.38. The van der Waals surface area contributed by atoms with Crippen LogP contribution < -0.4 is 5.73 Å². The van der Waals surface area contributed by atoms with Crippen molar-refractivity contribution in [2.24, 2.45) is 17.6 Å². The van der Waals surface area contributed by atoms with Gasteiger partial charge in [-0.15, -0.1) is 12.4 Å². The molecule has 1 aliphatic heterocycles. The fourth-order valence-corrected chi connectivity index (χ4v) is 3.62. The van der Waals surface area contributed by atoms with E-state index in [2.05, 4.69) is 0 Å². The lowest BCUT2D eigenvalue weighted by molar-refractivity contribution is -0.141. The summed E-state index contributed by atoms with van der Waals surface area (Å²) in [4.78, 5) is 14.8. The van der Waals surface area contributed by atoms with Crippen LogP contribution in [0.1, 0.15) is 45.4 Å². The molecule has 1 amide bonds. The summed E-state index contributed by atoms with van der Waals surface area (Å²) < 4.78 is 5.23. The number of nitrogens with zero attached hydrogens (tertiary/aromatic N) is 1. The molecule has 2 rings (SSSR count). The Hall–Kier alpha value is -0.320. The number of methoxy groups -OCH3 is 1. The van der Waals surface area contributed by atoms with E-state index in [1.165, 1.54) is 6.42 Å². The van der Waals surface area contributed by atoms with Crippen LogP contribution in [0.25, 0.3) is 0 Å². The van der Waals surface area contributed by atoms with Gasteiger partial charge in [-0.3, -0.25) is 4.79 Å². The molecule has 3 unspecified atom stereocenters. The van der Waals surface area contributed by atoms with E-state index in [-0.39, 0.29) is 29.8 Å². The largest absolute Gasteiger partial charge is 0.384 e. The SMILES string of the molecule is COCC1CCCN(C(=O)C2CCCCC2(C)N)C1.Cl. The number of likely N-dealkylation sites (tertiary alicyclic amines) is 1. The van der Waals surface area contributed by atoms with E-state index in [1.54, 1.807) is 7.11 Å². The van der Waals surface area contributed by atoms with Gasteiger partial charge in [0.2, 0.25) is 5.91 Å². The molecule has 0 aromatic rings. The molecule has 3 atom stereocenters. The zero-order chi connectivity index (χ0) is 13.9. The first kappa shape index (κ1) is 17.7. The van der Waals surface area contributed by atoms with Gasteiger partial charge in [-0.1, -0.05) is 12.8 Å². The van der Waals surface area contributed by atoms with E-state index >= 15 is 0 Å². The Morgan fingerprint density at radius 2 is 2.10 bits per heavy atom. The second kappa shape index (κ2) is 7.62. The topological polar surface area (TPSA) is 55.6 Å². The summed E-state index contributed by atoms with van der Waals surface area (Å²) in [5.41, 5.74) is 6.03. The molecule has 1 saturated carbocycles. The smallest absolute Gasteiger partial charge is 0.227 e. The Balaban J connectivity index is 0.00000200. The number of ether oxygens (including phenoxy) is 1. The lowest BCUT2D eigenvalue weighted by Crippen LogP contribution is -2.55. The van der Waals surface area contributed by atoms with Crippen LogP contribution in [0.5, 0.6) is 0 Å². The van der Waals surface area contributed by atoms with Crippen LogP contribution in [-0.4, -0.2) is 43.2 Å². The highest BCUT2D eigenvalue weighted by Gasteiger charge is 2.40. The molecular formula is C15H29ClN2O2. The van der Waals surface area contributed by atoms with Crippen LogP contribution in [-0.2, 0) is 9.53 Å². The number of carbonyl (C=O) groups is 1. The molecule has 1 aliphatic carbocycles. The van der Waals surface area contributed by atoms with Gasteiger partial charge in [0.05, 0.1) is 12.5 Å². The summed E-state index contributed by atoms with van der Waals surface area (Å²) in [6, 6.07) is 0. The van der Waals surface area contributed by atoms with Crippen molar-refractivity contribution in [1.82, 2.24) is 4.90 Å². The van der Waals surface area contributed by atoms with Crippen molar-refractivity contribution in [3.8, 4) is 0 Å². The lowest BCUT2D eigenvalue weighted by Gasteiger charge is -2.42. The highest BCUT2D eigenvalue weighted by molar-refractivity contribution is 5.85. The zero-order valence-corrected chi connectivity index (χ0v) is 13.6. The van der Waals surface area contributed by atoms with Crippen molar-refractivity contribution in [3.63, 3.8) is 0 Å². The first-order valence-corrected chi connectivity index (χ1v) is 7.61. The predicted molar refractivity (Wildman–Crippen MR) is 83.0 cm³/mol. The van der Waals surface area contributed by atoms with Crippen LogP contribution in [0.3, 0.4) is 0 Å². The molecule has 4 nitrogen and oxygen atoms in total. The highest BCUT2D eigenvalue weighted by Crippen LogP contribution is 2.33. The molecule has 1 saturated heterocycles. The van der Waals surface area contributed by atoms with E-state index in [0.717, 1.165) is 51.8 Å². The number of piperidine rings is 1. The number of nitrogens with two attached hydrogens (primary N) is 1. The second-order valence-corrected chi connectivity index (χ2v) is 6.55. The number of rotatable bonds is 3. The van der Waals surface area contributed by atoms with Crippen LogP contribution in [0, 0.1) is 11.8 Å². The lowest BCUT2D eigenvalue weighted by atomic mass is 9.73. The number of halogens is 1. The Labute approximate surface area is 128 Å². The Morgan fingerprint density at radius 3 is 2.75 bits per heavy atom. The monoisotopic (exact) mass is 304 g/mol. The Kier molecular flexibility index (Phi) is 6.76. The molecule has 0 aromatic carbocycles. The van der Waals surface area contributed by atoms with Gasteiger partial charge in [-0.25, -0.2) is 0 Å². The van der Waals surface area contributed by atoms with Crippen molar-refractivity contribution < 1.29 is 9.53 Å². The molecule has 0 aromatic heterocycles. The quantitative estimate of drug-likeness (QED) is 0.869. The third-order valence-electron chi connectivity index (χ3n) is 4.79. The molecule has 0 bridgehead atoms. The second-order valence-electron chi connectivity index (χ2n) is 6.55. The molecule has 2 aliphatic rings. The van der Waals surface area contributed by atoms with Crippen molar-refractivity contribution in [2.45, 2.75) is 51.0 Å². The van der Waals surface area contributed by atoms with Gasteiger partial charge in [-0.05, 0) is 38.5 Å². The molecule has 1 heterocycles. The first-order valence-electron chi connectivity index (χ1n) is 7.61. The number of amides is 1. The van der Waals surface area contributed by atoms with Crippen LogP contribution >= 0.6 is 12.4 Å². The Bertz CT molecular complexity index is 321. The van der Waals surface area contributed by atoms with Gasteiger partial charge in [0, 0.05) is 25.7 Å². The maximum atomic E-state index is 12.7. The third-order valence-corrected chi connectivity index (χ3v) is 4.79. The highest BCUT2D eigenvalue weighted by atomic mass is 35.5. The van der Waals surface area contributed by atoms with Crippen LogP contribution in [0.4, 0.5) is 0 Å². The normalized spacial score (nSPS) is 34.5. The zero-order valence-electron chi connectivity index (χ0n) is 12.8. The van der Waals surface area contributed by atoms with E-state index in [1.807, 2.05) is 11.8 Å². The molecule has 2 fully saturated rings. The fraction of sp³-hybridized carbons (Fsp3) is 0.933. The van der Waals surface area contributed by atoms with Gasteiger partial charge < -0.3 is 15.4 Å². The molecule has 0 radical (unpaired) electrons. The van der Waals surface area contributed by atoms with Gasteiger partial charge in [0.1, 0.15) is 0 Å². The van der Waals surface area contributed by atoms with Crippen molar-refractivity contribution in [1.29, 1.82) is 0 Å². The summed E-state index contributed by atoms with van der Waals surface area (Å²) in [5.74, 6) is 0.795. The first-order chi connectivity index (χ1) is 9.04. The third kappa shape index (κ3) is 4.09. The molecule has 2 N–H and O–H groups in total. The average molecular weight is 305 g/mol. The summed E-state index contributed by atoms with van der Waals surface area (Å²) >= 11 is 0. The van der Waals surface area contributed by atoms with Crippen molar-refractivity contribution in [2.75, 3.05) is 26.8 Å². The minimum absolute atomic E-state index is 0. The van der Waals surface area contributed by atoms with Crippen LogP contribution in [0.2, 0.25) is 0 Å². The van der Waals surface area contributed by atoms with Gasteiger partial charge >= 0.3 is 0 Å². The van der Waals surface area contributed by atoms with Gasteiger partial charge in [0.25, 0.3) is 0 Å². The van der Waals surface area contributed by atoms with Gasteiger partial charge in [-0.2, -0.15) is 0 Å². The minimum atomic E-state index is -0.316.